The molecule has 0 atom stereocenters. The normalized spacial score (nSPS) is 11.1. The summed E-state index contributed by atoms with van der Waals surface area (Å²) in [7, 11) is 1.73. The van der Waals surface area contributed by atoms with E-state index in [1.807, 2.05) is 36.4 Å². The van der Waals surface area contributed by atoms with Crippen molar-refractivity contribution in [3.8, 4) is 5.75 Å². The van der Waals surface area contributed by atoms with Gasteiger partial charge in [0.1, 0.15) is 12.4 Å². The van der Waals surface area contributed by atoms with Gasteiger partial charge in [0.25, 0.3) is 0 Å². The Bertz CT molecular complexity index is 604. The zero-order valence-corrected chi connectivity index (χ0v) is 13.2. The fraction of sp³-hybridized carbons (Fsp3) is 0.250. The molecule has 116 valence electrons. The van der Waals surface area contributed by atoms with Crippen LogP contribution < -0.4 is 15.4 Å². The summed E-state index contributed by atoms with van der Waals surface area (Å²) in [6, 6.07) is 13.1. The van der Waals surface area contributed by atoms with Crippen LogP contribution in [-0.2, 0) is 6.54 Å². The SMILES string of the molecule is CN=C(NCCOc1cccc(Cl)c1)NCc1ccccn1. The van der Waals surface area contributed by atoms with Gasteiger partial charge in [0.15, 0.2) is 5.96 Å². The van der Waals surface area contributed by atoms with E-state index in [4.69, 9.17) is 16.3 Å². The fourth-order valence-electron chi connectivity index (χ4n) is 1.79. The number of ether oxygens (including phenoxy) is 1. The number of benzene rings is 1. The summed E-state index contributed by atoms with van der Waals surface area (Å²) in [4.78, 5) is 8.40. The van der Waals surface area contributed by atoms with Crippen LogP contribution in [0.3, 0.4) is 0 Å². The molecule has 0 spiro atoms. The lowest BCUT2D eigenvalue weighted by molar-refractivity contribution is 0.322. The summed E-state index contributed by atoms with van der Waals surface area (Å²) in [5, 5.41) is 7.04. The van der Waals surface area contributed by atoms with E-state index in [1.165, 1.54) is 0 Å². The zero-order valence-electron chi connectivity index (χ0n) is 12.4. The van der Waals surface area contributed by atoms with Crippen LogP contribution in [0.2, 0.25) is 5.02 Å². The van der Waals surface area contributed by atoms with Gasteiger partial charge in [0, 0.05) is 18.3 Å². The molecule has 0 radical (unpaired) electrons. The summed E-state index contributed by atoms with van der Waals surface area (Å²) in [6.07, 6.45) is 1.77. The second-order valence-electron chi connectivity index (χ2n) is 4.48. The van der Waals surface area contributed by atoms with Crippen molar-refractivity contribution >= 4 is 17.6 Å². The minimum atomic E-state index is 0.518. The molecule has 0 bridgehead atoms. The van der Waals surface area contributed by atoms with Crippen molar-refractivity contribution in [1.82, 2.24) is 15.6 Å². The third kappa shape index (κ3) is 5.61. The van der Waals surface area contributed by atoms with E-state index >= 15 is 0 Å². The lowest BCUT2D eigenvalue weighted by Gasteiger charge is -2.12. The molecule has 0 amide bonds. The van der Waals surface area contributed by atoms with E-state index in [9.17, 15) is 0 Å². The van der Waals surface area contributed by atoms with Crippen LogP contribution in [0.1, 0.15) is 5.69 Å². The molecular formula is C16H19ClN4O. The van der Waals surface area contributed by atoms with Crippen molar-refractivity contribution in [2.24, 2.45) is 4.99 Å². The zero-order chi connectivity index (χ0) is 15.6. The quantitative estimate of drug-likeness (QED) is 0.488. The van der Waals surface area contributed by atoms with E-state index in [2.05, 4.69) is 20.6 Å². The smallest absolute Gasteiger partial charge is 0.191 e. The molecule has 6 heteroatoms. The molecule has 1 aromatic heterocycles. The third-order valence-electron chi connectivity index (χ3n) is 2.85. The first-order chi connectivity index (χ1) is 10.8. The lowest BCUT2D eigenvalue weighted by Crippen LogP contribution is -2.39. The molecule has 0 unspecified atom stereocenters. The van der Waals surface area contributed by atoms with Crippen molar-refractivity contribution in [3.05, 3.63) is 59.4 Å². The van der Waals surface area contributed by atoms with Gasteiger partial charge >= 0.3 is 0 Å². The Morgan fingerprint density at radius 3 is 2.86 bits per heavy atom. The molecule has 0 saturated carbocycles. The Morgan fingerprint density at radius 1 is 1.23 bits per heavy atom. The fourth-order valence-corrected chi connectivity index (χ4v) is 1.97. The molecular weight excluding hydrogens is 300 g/mol. The average molecular weight is 319 g/mol. The number of pyridine rings is 1. The number of nitrogens with one attached hydrogen (secondary N) is 2. The predicted molar refractivity (Wildman–Crippen MR) is 89.4 cm³/mol. The van der Waals surface area contributed by atoms with Gasteiger partial charge in [-0.3, -0.25) is 9.98 Å². The van der Waals surface area contributed by atoms with Crippen molar-refractivity contribution < 1.29 is 4.74 Å². The van der Waals surface area contributed by atoms with Gasteiger partial charge in [-0.15, -0.1) is 0 Å². The van der Waals surface area contributed by atoms with E-state index < -0.39 is 0 Å². The Balaban J connectivity index is 1.68. The first kappa shape index (κ1) is 16.1. The van der Waals surface area contributed by atoms with Gasteiger partial charge in [-0.1, -0.05) is 23.7 Å². The van der Waals surface area contributed by atoms with Gasteiger partial charge in [0.2, 0.25) is 0 Å². The number of halogens is 1. The molecule has 2 rings (SSSR count). The largest absolute Gasteiger partial charge is 0.492 e. The van der Waals surface area contributed by atoms with Crippen LogP contribution in [0, 0.1) is 0 Å². The molecule has 0 aliphatic carbocycles. The Kier molecular flexibility index (Phi) is 6.51. The Labute approximate surface area is 135 Å². The van der Waals surface area contributed by atoms with Crippen LogP contribution in [-0.4, -0.2) is 31.1 Å². The number of aromatic nitrogens is 1. The Morgan fingerprint density at radius 2 is 2.14 bits per heavy atom. The number of nitrogens with zero attached hydrogens (tertiary/aromatic N) is 2. The molecule has 5 nitrogen and oxygen atoms in total. The molecule has 0 fully saturated rings. The molecule has 22 heavy (non-hydrogen) atoms. The highest BCUT2D eigenvalue weighted by Gasteiger charge is 1.99. The molecule has 1 heterocycles. The van der Waals surface area contributed by atoms with Gasteiger partial charge in [-0.2, -0.15) is 0 Å². The first-order valence-electron chi connectivity index (χ1n) is 7.01. The van der Waals surface area contributed by atoms with E-state index in [1.54, 1.807) is 19.3 Å². The number of guanidine groups is 1. The number of hydrogen-bond acceptors (Lipinski definition) is 3. The van der Waals surface area contributed by atoms with Crippen molar-refractivity contribution in [1.29, 1.82) is 0 Å². The predicted octanol–water partition coefficient (Wildman–Crippen LogP) is 2.48. The Hall–Kier alpha value is -2.27. The van der Waals surface area contributed by atoms with Crippen LogP contribution in [0.15, 0.2) is 53.7 Å². The van der Waals surface area contributed by atoms with Crippen LogP contribution in [0.4, 0.5) is 0 Å². The highest BCUT2D eigenvalue weighted by molar-refractivity contribution is 6.30. The molecule has 0 saturated heterocycles. The second kappa shape index (κ2) is 8.89. The van der Waals surface area contributed by atoms with E-state index in [0.29, 0.717) is 30.7 Å². The number of hydrogen-bond donors (Lipinski definition) is 2. The minimum absolute atomic E-state index is 0.518. The van der Waals surface area contributed by atoms with E-state index in [-0.39, 0.29) is 0 Å². The highest BCUT2D eigenvalue weighted by atomic mass is 35.5. The second-order valence-corrected chi connectivity index (χ2v) is 4.92. The summed E-state index contributed by atoms with van der Waals surface area (Å²) in [5.41, 5.74) is 0.959. The van der Waals surface area contributed by atoms with Gasteiger partial charge in [0.05, 0.1) is 18.8 Å². The average Bonchev–Trinajstić information content (AvgIpc) is 2.55. The summed E-state index contributed by atoms with van der Waals surface area (Å²) in [6.45, 7) is 1.77. The van der Waals surface area contributed by atoms with Crippen molar-refractivity contribution in [2.45, 2.75) is 6.54 Å². The maximum atomic E-state index is 5.90. The van der Waals surface area contributed by atoms with Crippen LogP contribution in [0.25, 0.3) is 0 Å². The van der Waals surface area contributed by atoms with Gasteiger partial charge in [-0.25, -0.2) is 0 Å². The molecule has 2 N–H and O–H groups in total. The van der Waals surface area contributed by atoms with Gasteiger partial charge in [-0.05, 0) is 30.3 Å². The maximum absolute atomic E-state index is 5.90. The summed E-state index contributed by atoms with van der Waals surface area (Å²) in [5.74, 6) is 1.46. The first-order valence-corrected chi connectivity index (χ1v) is 7.38. The molecule has 0 aliphatic heterocycles. The van der Waals surface area contributed by atoms with Crippen LogP contribution in [0.5, 0.6) is 5.75 Å². The third-order valence-corrected chi connectivity index (χ3v) is 3.08. The molecule has 2 aromatic rings. The summed E-state index contributed by atoms with van der Waals surface area (Å²) >= 11 is 5.90. The topological polar surface area (TPSA) is 58.5 Å². The number of aliphatic imine (C=N–C) groups is 1. The lowest BCUT2D eigenvalue weighted by atomic mass is 10.3. The highest BCUT2D eigenvalue weighted by Crippen LogP contribution is 2.16. The van der Waals surface area contributed by atoms with Crippen molar-refractivity contribution in [3.63, 3.8) is 0 Å². The summed E-state index contributed by atoms with van der Waals surface area (Å²) < 4.78 is 5.60. The monoisotopic (exact) mass is 318 g/mol. The standard InChI is InChI=1S/C16H19ClN4O/c1-18-16(21-12-14-6-2-3-8-19-14)20-9-10-22-15-7-4-5-13(17)11-15/h2-8,11H,9-10,12H2,1H3,(H2,18,20,21). The molecule has 1 aromatic carbocycles. The molecule has 0 aliphatic rings. The van der Waals surface area contributed by atoms with Crippen LogP contribution >= 0.6 is 11.6 Å². The van der Waals surface area contributed by atoms with E-state index in [0.717, 1.165) is 11.4 Å². The number of rotatable bonds is 6. The maximum Gasteiger partial charge on any atom is 0.191 e. The minimum Gasteiger partial charge on any atom is -0.492 e. The van der Waals surface area contributed by atoms with Crippen molar-refractivity contribution in [2.75, 3.05) is 20.2 Å². The van der Waals surface area contributed by atoms with Gasteiger partial charge < -0.3 is 15.4 Å².